The van der Waals surface area contributed by atoms with E-state index in [-0.39, 0.29) is 6.04 Å². The molecule has 0 amide bonds. The summed E-state index contributed by atoms with van der Waals surface area (Å²) in [6.45, 7) is 7.13. The first-order valence-electron chi connectivity index (χ1n) is 5.42. The van der Waals surface area contributed by atoms with E-state index < -0.39 is 0 Å². The van der Waals surface area contributed by atoms with Gasteiger partial charge < -0.3 is 10.5 Å². The largest absolute Gasteiger partial charge is 0.377 e. The van der Waals surface area contributed by atoms with Crippen molar-refractivity contribution < 1.29 is 4.74 Å². The zero-order valence-electron chi connectivity index (χ0n) is 9.18. The van der Waals surface area contributed by atoms with Gasteiger partial charge in [-0.25, -0.2) is 0 Å². The maximum atomic E-state index is 6.14. The summed E-state index contributed by atoms with van der Waals surface area (Å²) in [4.78, 5) is 0. The Labute approximate surface area is 81.8 Å². The molecule has 1 aliphatic rings. The summed E-state index contributed by atoms with van der Waals surface area (Å²) in [5, 5.41) is 0. The van der Waals surface area contributed by atoms with Crippen molar-refractivity contribution in [2.24, 2.45) is 11.1 Å². The van der Waals surface area contributed by atoms with Crippen LogP contribution in [0.1, 0.15) is 46.5 Å². The lowest BCUT2D eigenvalue weighted by Crippen LogP contribution is -2.41. The van der Waals surface area contributed by atoms with E-state index in [1.807, 2.05) is 0 Å². The van der Waals surface area contributed by atoms with Gasteiger partial charge in [0.15, 0.2) is 0 Å². The van der Waals surface area contributed by atoms with Crippen LogP contribution in [-0.2, 0) is 4.74 Å². The van der Waals surface area contributed by atoms with Crippen LogP contribution < -0.4 is 5.73 Å². The SMILES string of the molecule is CC(C)OCC(N)C1(C)CCCC1. The molecule has 0 aliphatic heterocycles. The molecule has 1 fully saturated rings. The Bertz CT molecular complexity index is 150. The summed E-state index contributed by atoms with van der Waals surface area (Å²) < 4.78 is 5.56. The predicted octanol–water partition coefficient (Wildman–Crippen LogP) is 2.32. The van der Waals surface area contributed by atoms with Gasteiger partial charge in [0.25, 0.3) is 0 Å². The van der Waals surface area contributed by atoms with Crippen LogP contribution in [-0.4, -0.2) is 18.8 Å². The minimum Gasteiger partial charge on any atom is -0.377 e. The van der Waals surface area contributed by atoms with Gasteiger partial charge >= 0.3 is 0 Å². The van der Waals surface area contributed by atoms with Gasteiger partial charge in [-0.3, -0.25) is 0 Å². The fourth-order valence-electron chi connectivity index (χ4n) is 2.05. The highest BCUT2D eigenvalue weighted by atomic mass is 16.5. The van der Waals surface area contributed by atoms with E-state index in [4.69, 9.17) is 10.5 Å². The first kappa shape index (κ1) is 11.0. The van der Waals surface area contributed by atoms with Crippen LogP contribution in [0.4, 0.5) is 0 Å². The summed E-state index contributed by atoms with van der Waals surface area (Å²) in [5.74, 6) is 0. The number of nitrogens with two attached hydrogens (primary N) is 1. The second-order valence-corrected chi connectivity index (χ2v) is 4.85. The van der Waals surface area contributed by atoms with Crippen molar-refractivity contribution in [3.63, 3.8) is 0 Å². The lowest BCUT2D eigenvalue weighted by Gasteiger charge is -2.31. The summed E-state index contributed by atoms with van der Waals surface area (Å²) in [6.07, 6.45) is 5.53. The Morgan fingerprint density at radius 2 is 1.85 bits per heavy atom. The fourth-order valence-corrected chi connectivity index (χ4v) is 2.05. The topological polar surface area (TPSA) is 35.2 Å². The third kappa shape index (κ3) is 2.96. The zero-order chi connectivity index (χ0) is 9.90. The zero-order valence-corrected chi connectivity index (χ0v) is 9.18. The minimum absolute atomic E-state index is 0.220. The van der Waals surface area contributed by atoms with Gasteiger partial charge in [-0.15, -0.1) is 0 Å². The Morgan fingerprint density at radius 1 is 1.31 bits per heavy atom. The Hall–Kier alpha value is -0.0800. The van der Waals surface area contributed by atoms with Crippen molar-refractivity contribution >= 4 is 0 Å². The third-order valence-corrected chi connectivity index (χ3v) is 3.25. The molecule has 0 radical (unpaired) electrons. The second kappa shape index (κ2) is 4.43. The fraction of sp³-hybridized carbons (Fsp3) is 1.00. The third-order valence-electron chi connectivity index (χ3n) is 3.25. The summed E-state index contributed by atoms with van der Waals surface area (Å²) in [5.41, 5.74) is 6.48. The average molecular weight is 185 g/mol. The van der Waals surface area contributed by atoms with E-state index in [0.29, 0.717) is 18.1 Å². The Balaban J connectivity index is 2.33. The predicted molar refractivity (Wildman–Crippen MR) is 55.6 cm³/mol. The first-order valence-corrected chi connectivity index (χ1v) is 5.42. The molecule has 0 aromatic heterocycles. The van der Waals surface area contributed by atoms with Gasteiger partial charge in [-0.2, -0.15) is 0 Å². The van der Waals surface area contributed by atoms with Crippen molar-refractivity contribution in [2.75, 3.05) is 6.61 Å². The normalized spacial score (nSPS) is 23.8. The summed E-state index contributed by atoms with van der Waals surface area (Å²) in [6, 6.07) is 0.220. The van der Waals surface area contributed by atoms with Crippen molar-refractivity contribution in [3.8, 4) is 0 Å². The van der Waals surface area contributed by atoms with Crippen LogP contribution in [0.2, 0.25) is 0 Å². The van der Waals surface area contributed by atoms with Crippen LogP contribution in [0.3, 0.4) is 0 Å². The van der Waals surface area contributed by atoms with Gasteiger partial charge in [-0.05, 0) is 32.1 Å². The molecule has 0 aromatic rings. The molecule has 1 aliphatic carbocycles. The summed E-state index contributed by atoms with van der Waals surface area (Å²) >= 11 is 0. The van der Waals surface area contributed by atoms with Gasteiger partial charge in [0, 0.05) is 6.04 Å². The molecule has 1 rings (SSSR count). The van der Waals surface area contributed by atoms with E-state index in [1.54, 1.807) is 0 Å². The smallest absolute Gasteiger partial charge is 0.0626 e. The van der Waals surface area contributed by atoms with Crippen LogP contribution in [0, 0.1) is 5.41 Å². The monoisotopic (exact) mass is 185 g/mol. The quantitative estimate of drug-likeness (QED) is 0.729. The van der Waals surface area contributed by atoms with Gasteiger partial charge in [0.1, 0.15) is 0 Å². The standard InChI is InChI=1S/C11H23NO/c1-9(2)13-8-10(12)11(3)6-4-5-7-11/h9-10H,4-8,12H2,1-3H3. The summed E-state index contributed by atoms with van der Waals surface area (Å²) in [7, 11) is 0. The van der Waals surface area contributed by atoms with Crippen molar-refractivity contribution in [1.82, 2.24) is 0 Å². The van der Waals surface area contributed by atoms with Crippen molar-refractivity contribution in [3.05, 3.63) is 0 Å². The van der Waals surface area contributed by atoms with E-state index in [2.05, 4.69) is 20.8 Å². The number of hydrogen-bond donors (Lipinski definition) is 1. The number of hydrogen-bond acceptors (Lipinski definition) is 2. The van der Waals surface area contributed by atoms with Crippen LogP contribution in [0.25, 0.3) is 0 Å². The highest BCUT2D eigenvalue weighted by molar-refractivity contribution is 4.89. The highest BCUT2D eigenvalue weighted by Gasteiger charge is 2.34. The molecule has 2 nitrogen and oxygen atoms in total. The lowest BCUT2D eigenvalue weighted by atomic mass is 9.81. The molecule has 0 saturated heterocycles. The maximum absolute atomic E-state index is 6.14. The highest BCUT2D eigenvalue weighted by Crippen LogP contribution is 2.39. The van der Waals surface area contributed by atoms with Crippen molar-refractivity contribution in [1.29, 1.82) is 0 Å². The molecule has 0 spiro atoms. The Kier molecular flexibility index (Phi) is 3.74. The second-order valence-electron chi connectivity index (χ2n) is 4.85. The van der Waals surface area contributed by atoms with Crippen molar-refractivity contribution in [2.45, 2.75) is 58.6 Å². The van der Waals surface area contributed by atoms with Gasteiger partial charge in [-0.1, -0.05) is 19.8 Å². The van der Waals surface area contributed by atoms with E-state index >= 15 is 0 Å². The average Bonchev–Trinajstić information content (AvgIpc) is 2.49. The molecule has 1 unspecified atom stereocenters. The molecule has 78 valence electrons. The Morgan fingerprint density at radius 3 is 2.31 bits per heavy atom. The van der Waals surface area contributed by atoms with E-state index in [1.165, 1.54) is 25.7 Å². The van der Waals surface area contributed by atoms with Crippen LogP contribution in [0.5, 0.6) is 0 Å². The molecule has 0 heterocycles. The minimum atomic E-state index is 0.220. The molecule has 0 aromatic carbocycles. The number of rotatable bonds is 4. The van der Waals surface area contributed by atoms with Crippen LogP contribution >= 0.6 is 0 Å². The van der Waals surface area contributed by atoms with Gasteiger partial charge in [0.05, 0.1) is 12.7 Å². The molecule has 1 saturated carbocycles. The van der Waals surface area contributed by atoms with Gasteiger partial charge in [0.2, 0.25) is 0 Å². The molecule has 1 atom stereocenters. The molecular weight excluding hydrogens is 162 g/mol. The van der Waals surface area contributed by atoms with Crippen LogP contribution in [0.15, 0.2) is 0 Å². The molecular formula is C11H23NO. The maximum Gasteiger partial charge on any atom is 0.0626 e. The van der Waals surface area contributed by atoms with E-state index in [0.717, 1.165) is 0 Å². The molecule has 0 bridgehead atoms. The number of ether oxygens (including phenoxy) is 1. The molecule has 13 heavy (non-hydrogen) atoms. The van der Waals surface area contributed by atoms with E-state index in [9.17, 15) is 0 Å². The lowest BCUT2D eigenvalue weighted by molar-refractivity contribution is 0.0405. The molecule has 2 N–H and O–H groups in total. The first-order chi connectivity index (χ1) is 6.04. The molecule has 2 heteroatoms.